The van der Waals surface area contributed by atoms with Gasteiger partial charge in [-0.05, 0) is 12.1 Å². The Bertz CT molecular complexity index is 455. The molecule has 1 aromatic carbocycles. The first-order chi connectivity index (χ1) is 7.47. The Morgan fingerprint density at radius 1 is 1.44 bits per heavy atom. The van der Waals surface area contributed by atoms with Crippen molar-refractivity contribution in [2.45, 2.75) is 12.2 Å². The Morgan fingerprint density at radius 3 is 2.56 bits per heavy atom. The first-order valence-electron chi connectivity index (χ1n) is 4.26. The summed E-state index contributed by atoms with van der Waals surface area (Å²) in [5.41, 5.74) is -0.341. The van der Waals surface area contributed by atoms with Crippen LogP contribution in [-0.4, -0.2) is 27.4 Å². The number of nitrogens with zero attached hydrogens (tertiary/aromatic N) is 1. The van der Waals surface area contributed by atoms with E-state index in [-0.39, 0.29) is 11.1 Å². The average Bonchev–Trinajstić information content (AvgIpc) is 2.26. The third-order valence-corrected chi connectivity index (χ3v) is 2.01. The van der Waals surface area contributed by atoms with Crippen LogP contribution in [-0.2, 0) is 4.79 Å². The van der Waals surface area contributed by atoms with Gasteiger partial charge in [0, 0.05) is 5.56 Å². The van der Waals surface area contributed by atoms with E-state index in [1.807, 2.05) is 0 Å². The van der Waals surface area contributed by atoms with Gasteiger partial charge >= 0.3 is 5.97 Å². The van der Waals surface area contributed by atoms with Crippen LogP contribution in [0.15, 0.2) is 18.2 Å². The molecule has 84 valence electrons. The van der Waals surface area contributed by atoms with Gasteiger partial charge in [-0.15, -0.1) is 0 Å². The van der Waals surface area contributed by atoms with Crippen molar-refractivity contribution in [3.8, 4) is 6.07 Å². The molecule has 0 aliphatic carbocycles. The summed E-state index contributed by atoms with van der Waals surface area (Å²) in [6.45, 7) is 0. The Morgan fingerprint density at radius 2 is 2.06 bits per heavy atom. The van der Waals surface area contributed by atoms with E-state index in [0.717, 1.165) is 18.2 Å². The second-order valence-corrected chi connectivity index (χ2v) is 3.07. The van der Waals surface area contributed by atoms with Crippen LogP contribution >= 0.6 is 0 Å². The van der Waals surface area contributed by atoms with Crippen LogP contribution in [0.3, 0.4) is 0 Å². The first kappa shape index (κ1) is 12.1. The summed E-state index contributed by atoms with van der Waals surface area (Å²) >= 11 is 0. The molecule has 0 bridgehead atoms. The number of carboxylic acid groups (broad SMARTS) is 1. The number of carbonyl (C=O) groups is 1. The SMILES string of the molecule is N#Cc1cc(F)ccc1C(O)C(O)C(=O)O. The molecule has 0 heterocycles. The lowest BCUT2D eigenvalue weighted by molar-refractivity contribution is -0.153. The van der Waals surface area contributed by atoms with Crippen LogP contribution in [0.5, 0.6) is 0 Å². The first-order valence-corrected chi connectivity index (χ1v) is 4.26. The van der Waals surface area contributed by atoms with Crippen LogP contribution < -0.4 is 0 Å². The van der Waals surface area contributed by atoms with E-state index in [0.29, 0.717) is 0 Å². The zero-order chi connectivity index (χ0) is 12.3. The smallest absolute Gasteiger partial charge is 0.335 e. The maximum absolute atomic E-state index is 12.7. The van der Waals surface area contributed by atoms with E-state index in [1.54, 1.807) is 6.07 Å². The lowest BCUT2D eigenvalue weighted by Crippen LogP contribution is -2.28. The molecule has 0 fully saturated rings. The fourth-order valence-electron chi connectivity index (χ4n) is 1.19. The molecule has 0 spiro atoms. The zero-order valence-electron chi connectivity index (χ0n) is 7.96. The molecule has 0 saturated heterocycles. The number of rotatable bonds is 3. The third-order valence-electron chi connectivity index (χ3n) is 2.01. The lowest BCUT2D eigenvalue weighted by Gasteiger charge is -2.15. The molecule has 1 aromatic rings. The van der Waals surface area contributed by atoms with Crippen molar-refractivity contribution in [2.24, 2.45) is 0 Å². The highest BCUT2D eigenvalue weighted by Crippen LogP contribution is 2.21. The van der Waals surface area contributed by atoms with E-state index in [9.17, 15) is 14.3 Å². The van der Waals surface area contributed by atoms with E-state index < -0.39 is 24.0 Å². The van der Waals surface area contributed by atoms with Crippen LogP contribution in [0.1, 0.15) is 17.2 Å². The normalized spacial score (nSPS) is 13.9. The summed E-state index contributed by atoms with van der Waals surface area (Å²) in [5.74, 6) is -2.31. The van der Waals surface area contributed by atoms with Crippen molar-refractivity contribution < 1.29 is 24.5 Å². The molecular formula is C10H8FNO4. The van der Waals surface area contributed by atoms with Crippen LogP contribution in [0.4, 0.5) is 4.39 Å². The minimum atomic E-state index is -2.06. The second-order valence-electron chi connectivity index (χ2n) is 3.07. The molecular weight excluding hydrogens is 217 g/mol. The summed E-state index contributed by atoms with van der Waals surface area (Å²) in [7, 11) is 0. The molecule has 5 nitrogen and oxygen atoms in total. The van der Waals surface area contributed by atoms with Gasteiger partial charge < -0.3 is 15.3 Å². The maximum Gasteiger partial charge on any atom is 0.335 e. The van der Waals surface area contributed by atoms with Gasteiger partial charge in [0.1, 0.15) is 11.9 Å². The number of aliphatic hydroxyl groups is 2. The summed E-state index contributed by atoms with van der Waals surface area (Å²) < 4.78 is 12.7. The minimum absolute atomic E-state index is 0.126. The number of carboxylic acids is 1. The van der Waals surface area contributed by atoms with Crippen molar-refractivity contribution in [2.75, 3.05) is 0 Å². The Balaban J connectivity index is 3.14. The molecule has 0 aromatic heterocycles. The van der Waals surface area contributed by atoms with Crippen LogP contribution in [0, 0.1) is 17.1 Å². The van der Waals surface area contributed by atoms with Gasteiger partial charge in [-0.2, -0.15) is 5.26 Å². The highest BCUT2D eigenvalue weighted by atomic mass is 19.1. The summed E-state index contributed by atoms with van der Waals surface area (Å²) in [5, 5.41) is 35.7. The predicted octanol–water partition coefficient (Wildman–Crippen LogP) is 0.176. The summed E-state index contributed by atoms with van der Waals surface area (Å²) in [6.07, 6.45) is -3.83. The van der Waals surface area contributed by atoms with Crippen LogP contribution in [0.2, 0.25) is 0 Å². The number of hydrogen-bond acceptors (Lipinski definition) is 4. The number of aliphatic carboxylic acids is 1. The molecule has 0 aliphatic rings. The maximum atomic E-state index is 12.7. The molecule has 2 unspecified atom stereocenters. The third kappa shape index (κ3) is 2.34. The van der Waals surface area contributed by atoms with Crippen molar-refractivity contribution in [1.29, 1.82) is 5.26 Å². The number of aliphatic hydroxyl groups excluding tert-OH is 2. The van der Waals surface area contributed by atoms with E-state index in [1.165, 1.54) is 0 Å². The molecule has 0 aliphatic heterocycles. The fourth-order valence-corrected chi connectivity index (χ4v) is 1.19. The Kier molecular flexibility index (Phi) is 3.55. The Labute approximate surface area is 90.0 Å². The molecule has 0 saturated carbocycles. The predicted molar refractivity (Wildman–Crippen MR) is 49.7 cm³/mol. The van der Waals surface area contributed by atoms with E-state index >= 15 is 0 Å². The molecule has 0 radical (unpaired) electrons. The van der Waals surface area contributed by atoms with Crippen molar-refractivity contribution >= 4 is 5.97 Å². The van der Waals surface area contributed by atoms with E-state index in [4.69, 9.17) is 15.5 Å². The lowest BCUT2D eigenvalue weighted by atomic mass is 9.99. The number of nitriles is 1. The average molecular weight is 225 g/mol. The van der Waals surface area contributed by atoms with Gasteiger partial charge in [0.05, 0.1) is 11.6 Å². The molecule has 0 amide bonds. The fraction of sp³-hybridized carbons (Fsp3) is 0.200. The minimum Gasteiger partial charge on any atom is -0.479 e. The van der Waals surface area contributed by atoms with Gasteiger partial charge in [0.2, 0.25) is 0 Å². The monoisotopic (exact) mass is 225 g/mol. The van der Waals surface area contributed by atoms with Gasteiger partial charge in [-0.3, -0.25) is 0 Å². The van der Waals surface area contributed by atoms with E-state index in [2.05, 4.69) is 0 Å². The second kappa shape index (κ2) is 4.70. The summed E-state index contributed by atoms with van der Waals surface area (Å²) in [6, 6.07) is 4.49. The molecule has 3 N–H and O–H groups in total. The largest absolute Gasteiger partial charge is 0.479 e. The number of benzene rings is 1. The highest BCUT2D eigenvalue weighted by molar-refractivity contribution is 5.73. The standard InChI is InChI=1S/C10H8FNO4/c11-6-1-2-7(5(3-6)4-12)8(13)9(14)10(15)16/h1-3,8-9,13-14H,(H,15,16). The van der Waals surface area contributed by atoms with Gasteiger partial charge in [0.15, 0.2) is 6.10 Å². The Hall–Kier alpha value is -1.97. The van der Waals surface area contributed by atoms with Gasteiger partial charge in [0.25, 0.3) is 0 Å². The van der Waals surface area contributed by atoms with Crippen molar-refractivity contribution in [1.82, 2.24) is 0 Å². The zero-order valence-corrected chi connectivity index (χ0v) is 7.96. The van der Waals surface area contributed by atoms with Crippen LogP contribution in [0.25, 0.3) is 0 Å². The van der Waals surface area contributed by atoms with Crippen molar-refractivity contribution in [3.05, 3.63) is 35.1 Å². The highest BCUT2D eigenvalue weighted by Gasteiger charge is 2.27. The number of hydrogen-bond donors (Lipinski definition) is 3. The summed E-state index contributed by atoms with van der Waals surface area (Å²) in [4.78, 5) is 10.4. The molecule has 2 atom stereocenters. The molecule has 1 rings (SSSR count). The van der Waals surface area contributed by atoms with Gasteiger partial charge in [-0.25, -0.2) is 9.18 Å². The quantitative estimate of drug-likeness (QED) is 0.680. The molecule has 16 heavy (non-hydrogen) atoms. The van der Waals surface area contributed by atoms with Crippen molar-refractivity contribution in [3.63, 3.8) is 0 Å². The topological polar surface area (TPSA) is 102 Å². The number of halogens is 1. The van der Waals surface area contributed by atoms with Gasteiger partial charge in [-0.1, -0.05) is 6.07 Å². The molecule has 6 heteroatoms.